The first kappa shape index (κ1) is 21.6. The minimum atomic E-state index is -0.0717. The third-order valence-corrected chi connectivity index (χ3v) is 7.21. The van der Waals surface area contributed by atoms with Gasteiger partial charge < -0.3 is 0 Å². The second-order valence-corrected chi connectivity index (χ2v) is 10.5. The lowest BCUT2D eigenvalue weighted by atomic mass is 10.1. The summed E-state index contributed by atoms with van der Waals surface area (Å²) >= 11 is 15.6. The topological polar surface area (TPSA) is 59.4 Å². The fourth-order valence-electron chi connectivity index (χ4n) is 3.30. The first-order chi connectivity index (χ1) is 14.3. The van der Waals surface area contributed by atoms with Gasteiger partial charge in [0.2, 0.25) is 0 Å². The quantitative estimate of drug-likeness (QED) is 0.479. The summed E-state index contributed by atoms with van der Waals surface area (Å²) in [4.78, 5) is 14.1. The van der Waals surface area contributed by atoms with E-state index >= 15 is 0 Å². The van der Waals surface area contributed by atoms with Gasteiger partial charge in [-0.2, -0.15) is 5.10 Å². The van der Waals surface area contributed by atoms with Crippen LogP contribution in [0, 0.1) is 27.7 Å². The molecule has 0 fully saturated rings. The van der Waals surface area contributed by atoms with Gasteiger partial charge in [-0.05, 0) is 63.1 Å². The van der Waals surface area contributed by atoms with Crippen LogP contribution in [0.25, 0.3) is 0 Å². The number of benzene rings is 1. The molecule has 0 unspecified atom stereocenters. The summed E-state index contributed by atoms with van der Waals surface area (Å²) < 4.78 is 0. The number of amidine groups is 1. The second kappa shape index (κ2) is 8.85. The molecular weight excluding hydrogens is 459 g/mol. The van der Waals surface area contributed by atoms with Gasteiger partial charge in [-0.1, -0.05) is 35.0 Å². The van der Waals surface area contributed by atoms with E-state index in [1.54, 1.807) is 17.4 Å². The number of aliphatic imine (C=N–C) groups is 1. The van der Waals surface area contributed by atoms with Crippen molar-refractivity contribution in [3.8, 4) is 0 Å². The number of nitrogens with zero attached hydrogens (tertiary/aromatic N) is 3. The Labute approximate surface area is 193 Å². The van der Waals surface area contributed by atoms with Gasteiger partial charge in [-0.25, -0.2) is 5.48 Å². The molecule has 156 valence electrons. The maximum absolute atomic E-state index is 6.18. The molecular formula is C21H20Cl2N4OS2. The minimum absolute atomic E-state index is 0.0717. The average Bonchev–Trinajstić information content (AvgIpc) is 3.02. The van der Waals surface area contributed by atoms with Crippen LogP contribution < -0.4 is 5.48 Å². The van der Waals surface area contributed by atoms with Gasteiger partial charge in [-0.3, -0.25) is 9.83 Å². The highest BCUT2D eigenvalue weighted by Gasteiger charge is 2.25. The molecule has 5 nitrogen and oxygen atoms in total. The van der Waals surface area contributed by atoms with Crippen LogP contribution in [-0.4, -0.2) is 22.6 Å². The first-order valence-corrected chi connectivity index (χ1v) is 11.7. The number of thiophene rings is 1. The number of aryl methyl sites for hydroxylation is 3. The molecule has 30 heavy (non-hydrogen) atoms. The molecule has 2 aromatic heterocycles. The average molecular weight is 479 g/mol. The van der Waals surface area contributed by atoms with Crippen LogP contribution in [0.15, 0.2) is 39.2 Å². The molecule has 0 saturated heterocycles. The van der Waals surface area contributed by atoms with E-state index < -0.39 is 0 Å². The van der Waals surface area contributed by atoms with Gasteiger partial charge in [0.05, 0.1) is 11.3 Å². The largest absolute Gasteiger partial charge is 0.272 e. The molecule has 3 aromatic rings. The summed E-state index contributed by atoms with van der Waals surface area (Å²) in [6.45, 7) is 8.66. The zero-order valence-electron chi connectivity index (χ0n) is 16.9. The predicted molar refractivity (Wildman–Crippen MR) is 124 cm³/mol. The Balaban J connectivity index is 1.77. The minimum Gasteiger partial charge on any atom is -0.272 e. The molecule has 0 amide bonds. The Morgan fingerprint density at radius 1 is 1.07 bits per heavy atom. The number of rotatable bonds is 4. The van der Waals surface area contributed by atoms with Crippen molar-refractivity contribution in [2.75, 3.05) is 6.61 Å². The molecule has 1 aromatic carbocycles. The second-order valence-electron chi connectivity index (χ2n) is 7.07. The third-order valence-electron chi connectivity index (χ3n) is 4.84. The van der Waals surface area contributed by atoms with E-state index in [1.165, 1.54) is 27.1 Å². The van der Waals surface area contributed by atoms with Crippen molar-refractivity contribution in [3.63, 3.8) is 0 Å². The molecule has 1 aliphatic rings. The lowest BCUT2D eigenvalue weighted by Crippen LogP contribution is -2.34. The van der Waals surface area contributed by atoms with Gasteiger partial charge in [0.1, 0.15) is 17.7 Å². The van der Waals surface area contributed by atoms with Gasteiger partial charge in [0.25, 0.3) is 0 Å². The van der Waals surface area contributed by atoms with Crippen LogP contribution in [0.2, 0.25) is 10.0 Å². The van der Waals surface area contributed by atoms with E-state index in [1.807, 2.05) is 26.0 Å². The van der Waals surface area contributed by atoms with Gasteiger partial charge in [0.15, 0.2) is 5.84 Å². The van der Waals surface area contributed by atoms with E-state index in [0.717, 1.165) is 21.7 Å². The Morgan fingerprint density at radius 2 is 1.80 bits per heavy atom. The van der Waals surface area contributed by atoms with Crippen LogP contribution in [0.4, 0.5) is 0 Å². The summed E-state index contributed by atoms with van der Waals surface area (Å²) in [6, 6.07) is 7.53. The van der Waals surface area contributed by atoms with Crippen molar-refractivity contribution >= 4 is 52.1 Å². The van der Waals surface area contributed by atoms with Crippen molar-refractivity contribution < 1.29 is 4.84 Å². The Morgan fingerprint density at radius 3 is 2.47 bits per heavy atom. The zero-order chi connectivity index (χ0) is 21.4. The number of halogens is 2. The molecule has 1 aliphatic heterocycles. The van der Waals surface area contributed by atoms with Crippen molar-refractivity contribution in [2.24, 2.45) is 4.99 Å². The van der Waals surface area contributed by atoms with Gasteiger partial charge in [-0.15, -0.1) is 16.4 Å². The monoisotopic (exact) mass is 478 g/mol. The lowest BCUT2D eigenvalue weighted by molar-refractivity contribution is 0.0620. The van der Waals surface area contributed by atoms with Crippen LogP contribution in [0.3, 0.4) is 0 Å². The number of nitrogens with one attached hydrogen (secondary N) is 1. The standard InChI is InChI=1S/C21H20Cl2N4OS2/c1-10-5-17(13(4)29-10)18-9-28-27-20(24-18)19-11(2)12(3)25-26-21(19)30-16-7-14(22)6-15(23)8-16/h5-8,18H,9H2,1-4H3,(H,24,27)/t18-/m1/s1. The molecule has 1 N–H and O–H groups in total. The fourth-order valence-corrected chi connectivity index (χ4v) is 5.97. The summed E-state index contributed by atoms with van der Waals surface area (Å²) in [7, 11) is 0. The molecule has 4 rings (SSSR count). The molecule has 0 saturated carbocycles. The normalized spacial score (nSPS) is 16.3. The SMILES string of the molecule is Cc1cc([C@H]2CONC(c3c(Sc4cc(Cl)cc(Cl)c4)nnc(C)c3C)=N2)c(C)s1. The van der Waals surface area contributed by atoms with Crippen LogP contribution in [-0.2, 0) is 4.84 Å². The van der Waals surface area contributed by atoms with E-state index in [4.69, 9.17) is 33.0 Å². The van der Waals surface area contributed by atoms with Crippen molar-refractivity contribution in [3.05, 3.63) is 66.4 Å². The molecule has 3 heterocycles. The van der Waals surface area contributed by atoms with E-state index in [2.05, 4.69) is 35.6 Å². The maximum Gasteiger partial charge on any atom is 0.156 e. The summed E-state index contributed by atoms with van der Waals surface area (Å²) in [5.41, 5.74) is 6.90. The van der Waals surface area contributed by atoms with Crippen LogP contribution in [0.5, 0.6) is 0 Å². The van der Waals surface area contributed by atoms with Crippen molar-refractivity contribution in [1.82, 2.24) is 15.7 Å². The maximum atomic E-state index is 6.18. The summed E-state index contributed by atoms with van der Waals surface area (Å²) in [6.07, 6.45) is 0. The highest BCUT2D eigenvalue weighted by atomic mass is 35.5. The van der Waals surface area contributed by atoms with Crippen LogP contribution >= 0.6 is 46.3 Å². The highest BCUT2D eigenvalue weighted by Crippen LogP contribution is 2.36. The van der Waals surface area contributed by atoms with Gasteiger partial charge >= 0.3 is 0 Å². The number of hydrogen-bond donors (Lipinski definition) is 1. The predicted octanol–water partition coefficient (Wildman–Crippen LogP) is 6.25. The number of hydroxylamine groups is 1. The molecule has 0 bridgehead atoms. The fraction of sp³-hybridized carbons (Fsp3) is 0.286. The Bertz CT molecular complexity index is 1130. The van der Waals surface area contributed by atoms with Crippen LogP contribution in [0.1, 0.15) is 38.2 Å². The Hall–Kier alpha value is -1.64. The van der Waals surface area contributed by atoms with Gasteiger partial charge in [0, 0.05) is 24.7 Å². The Kier molecular flexibility index (Phi) is 6.36. The third kappa shape index (κ3) is 4.50. The smallest absolute Gasteiger partial charge is 0.156 e. The first-order valence-electron chi connectivity index (χ1n) is 9.32. The molecule has 0 aliphatic carbocycles. The number of hydrogen-bond acceptors (Lipinski definition) is 7. The van der Waals surface area contributed by atoms with E-state index in [0.29, 0.717) is 27.5 Å². The summed E-state index contributed by atoms with van der Waals surface area (Å²) in [5, 5.41) is 10.6. The lowest BCUT2D eigenvalue weighted by Gasteiger charge is -2.24. The van der Waals surface area contributed by atoms with Crippen molar-refractivity contribution in [1.29, 1.82) is 0 Å². The molecule has 1 atom stereocenters. The molecule has 0 radical (unpaired) electrons. The van der Waals surface area contributed by atoms with E-state index in [9.17, 15) is 0 Å². The highest BCUT2D eigenvalue weighted by molar-refractivity contribution is 7.99. The molecule has 9 heteroatoms. The van der Waals surface area contributed by atoms with Crippen molar-refractivity contribution in [2.45, 2.75) is 43.7 Å². The zero-order valence-corrected chi connectivity index (χ0v) is 20.1. The molecule has 0 spiro atoms. The van der Waals surface area contributed by atoms with E-state index in [-0.39, 0.29) is 6.04 Å². The number of aromatic nitrogens is 2. The summed E-state index contributed by atoms with van der Waals surface area (Å²) in [5.74, 6) is 0.653.